The SMILES string of the molecule is CCCN(C(=O)CCCCCc1ccc(OC)cc1)C1CCNCC1.Cl. The van der Waals surface area contributed by atoms with Crippen molar-refractivity contribution in [2.75, 3.05) is 26.7 Å². The van der Waals surface area contributed by atoms with Crippen molar-refractivity contribution in [3.8, 4) is 5.75 Å². The van der Waals surface area contributed by atoms with Gasteiger partial charge in [0.15, 0.2) is 0 Å². The molecule has 1 fully saturated rings. The number of carbonyl (C=O) groups is 1. The summed E-state index contributed by atoms with van der Waals surface area (Å²) in [5.74, 6) is 1.27. The van der Waals surface area contributed by atoms with E-state index in [1.54, 1.807) is 7.11 Å². The lowest BCUT2D eigenvalue weighted by atomic mass is 10.0. The predicted molar refractivity (Wildman–Crippen MR) is 110 cm³/mol. The van der Waals surface area contributed by atoms with E-state index in [1.165, 1.54) is 5.56 Å². The van der Waals surface area contributed by atoms with Gasteiger partial charge in [-0.05, 0) is 69.3 Å². The summed E-state index contributed by atoms with van der Waals surface area (Å²) < 4.78 is 5.18. The first-order valence-corrected chi connectivity index (χ1v) is 9.87. The molecule has 0 bridgehead atoms. The quantitative estimate of drug-likeness (QED) is 0.616. The number of unbranched alkanes of at least 4 members (excludes halogenated alkanes) is 2. The number of benzene rings is 1. The van der Waals surface area contributed by atoms with Gasteiger partial charge in [-0.1, -0.05) is 25.5 Å². The standard InChI is InChI=1S/C21H34N2O2.ClH/c1-3-17-23(19-13-15-22-16-14-19)21(24)8-6-4-5-7-18-9-11-20(25-2)12-10-18;/h9-12,19,22H,3-8,13-17H2,1-2H3;1H. The Morgan fingerprint density at radius 1 is 1.15 bits per heavy atom. The van der Waals surface area contributed by atoms with Crippen LogP contribution in [0.3, 0.4) is 0 Å². The summed E-state index contributed by atoms with van der Waals surface area (Å²) in [5, 5.41) is 3.39. The molecule has 0 aliphatic carbocycles. The third kappa shape index (κ3) is 7.55. The highest BCUT2D eigenvalue weighted by Crippen LogP contribution is 2.17. The average molecular weight is 383 g/mol. The highest BCUT2D eigenvalue weighted by Gasteiger charge is 2.23. The molecule has 0 saturated carbocycles. The highest BCUT2D eigenvalue weighted by atomic mass is 35.5. The van der Waals surface area contributed by atoms with E-state index in [1.807, 2.05) is 12.1 Å². The van der Waals surface area contributed by atoms with Crippen LogP contribution in [0.1, 0.15) is 57.4 Å². The molecule has 1 N–H and O–H groups in total. The summed E-state index contributed by atoms with van der Waals surface area (Å²) in [7, 11) is 1.69. The summed E-state index contributed by atoms with van der Waals surface area (Å²) in [6, 6.07) is 8.74. The van der Waals surface area contributed by atoms with Gasteiger partial charge in [-0.25, -0.2) is 0 Å². The molecule has 4 nitrogen and oxygen atoms in total. The fourth-order valence-corrected chi connectivity index (χ4v) is 3.59. The summed E-state index contributed by atoms with van der Waals surface area (Å²) in [6.07, 6.45) is 8.28. The summed E-state index contributed by atoms with van der Waals surface area (Å²) in [5.41, 5.74) is 1.34. The minimum absolute atomic E-state index is 0. The van der Waals surface area contributed by atoms with E-state index in [2.05, 4.69) is 29.3 Å². The second-order valence-corrected chi connectivity index (χ2v) is 6.98. The van der Waals surface area contributed by atoms with Gasteiger partial charge < -0.3 is 15.0 Å². The van der Waals surface area contributed by atoms with E-state index >= 15 is 0 Å². The second kappa shape index (κ2) is 13.0. The number of halogens is 1. The molecule has 1 aromatic rings. The van der Waals surface area contributed by atoms with Gasteiger partial charge in [0.05, 0.1) is 7.11 Å². The third-order valence-electron chi connectivity index (χ3n) is 5.05. The molecule has 148 valence electrons. The van der Waals surface area contributed by atoms with Crippen molar-refractivity contribution < 1.29 is 9.53 Å². The fraction of sp³-hybridized carbons (Fsp3) is 0.667. The summed E-state index contributed by atoms with van der Waals surface area (Å²) in [6.45, 7) is 5.16. The summed E-state index contributed by atoms with van der Waals surface area (Å²) in [4.78, 5) is 14.8. The number of nitrogens with one attached hydrogen (secondary N) is 1. The van der Waals surface area contributed by atoms with Crippen LogP contribution in [0.2, 0.25) is 0 Å². The molecule has 0 atom stereocenters. The van der Waals surface area contributed by atoms with Crippen LogP contribution in [0.5, 0.6) is 5.75 Å². The van der Waals surface area contributed by atoms with Crippen LogP contribution in [0.4, 0.5) is 0 Å². The number of aryl methyl sites for hydroxylation is 1. The summed E-state index contributed by atoms with van der Waals surface area (Å²) >= 11 is 0. The molecule has 2 rings (SSSR count). The molecule has 0 aromatic heterocycles. The third-order valence-corrected chi connectivity index (χ3v) is 5.05. The maximum absolute atomic E-state index is 12.6. The lowest BCUT2D eigenvalue weighted by Gasteiger charge is -2.34. The molecule has 5 heteroatoms. The molecule has 1 aliphatic heterocycles. The Bertz CT molecular complexity index is 501. The number of ether oxygens (including phenoxy) is 1. The van der Waals surface area contributed by atoms with Gasteiger partial charge in [0.2, 0.25) is 5.91 Å². The number of piperidine rings is 1. The zero-order chi connectivity index (χ0) is 17.9. The molecule has 0 spiro atoms. The number of nitrogens with zero attached hydrogens (tertiary/aromatic N) is 1. The normalized spacial score (nSPS) is 14.5. The largest absolute Gasteiger partial charge is 0.497 e. The molecule has 1 amide bonds. The second-order valence-electron chi connectivity index (χ2n) is 6.98. The van der Waals surface area contributed by atoms with Crippen LogP contribution < -0.4 is 10.1 Å². The first-order valence-electron chi connectivity index (χ1n) is 9.87. The Labute approximate surface area is 165 Å². The van der Waals surface area contributed by atoms with Gasteiger partial charge in [-0.2, -0.15) is 0 Å². The predicted octanol–water partition coefficient (Wildman–Crippen LogP) is 4.21. The van der Waals surface area contributed by atoms with E-state index < -0.39 is 0 Å². The van der Waals surface area contributed by atoms with E-state index in [0.29, 0.717) is 18.4 Å². The van der Waals surface area contributed by atoms with Crippen molar-refractivity contribution in [3.63, 3.8) is 0 Å². The lowest BCUT2D eigenvalue weighted by molar-refractivity contribution is -0.134. The van der Waals surface area contributed by atoms with Crippen molar-refractivity contribution >= 4 is 18.3 Å². The van der Waals surface area contributed by atoms with Crippen LogP contribution in [-0.4, -0.2) is 43.6 Å². The molecule has 1 saturated heterocycles. The number of hydrogen-bond acceptors (Lipinski definition) is 3. The number of amides is 1. The Balaban J connectivity index is 0.00000338. The number of carbonyl (C=O) groups excluding carboxylic acids is 1. The zero-order valence-electron chi connectivity index (χ0n) is 16.3. The van der Waals surface area contributed by atoms with Gasteiger partial charge in [-0.15, -0.1) is 12.4 Å². The average Bonchev–Trinajstić information content (AvgIpc) is 2.67. The highest BCUT2D eigenvalue weighted by molar-refractivity contribution is 5.85. The molecule has 1 aromatic carbocycles. The Morgan fingerprint density at radius 3 is 2.46 bits per heavy atom. The van der Waals surface area contributed by atoms with E-state index in [0.717, 1.165) is 70.3 Å². The van der Waals surface area contributed by atoms with Gasteiger partial charge in [0.1, 0.15) is 5.75 Å². The van der Waals surface area contributed by atoms with E-state index in [9.17, 15) is 4.79 Å². The molecular formula is C21H35ClN2O2. The van der Waals surface area contributed by atoms with Crippen molar-refractivity contribution in [2.24, 2.45) is 0 Å². The van der Waals surface area contributed by atoms with Crippen molar-refractivity contribution in [1.82, 2.24) is 10.2 Å². The molecule has 0 radical (unpaired) electrons. The van der Waals surface area contributed by atoms with Crippen LogP contribution in [-0.2, 0) is 11.2 Å². The van der Waals surface area contributed by atoms with E-state index in [-0.39, 0.29) is 12.4 Å². The van der Waals surface area contributed by atoms with Gasteiger partial charge >= 0.3 is 0 Å². The minimum atomic E-state index is 0. The monoisotopic (exact) mass is 382 g/mol. The Hall–Kier alpha value is -1.26. The van der Waals surface area contributed by atoms with E-state index in [4.69, 9.17) is 4.74 Å². The topological polar surface area (TPSA) is 41.6 Å². The number of hydrogen-bond donors (Lipinski definition) is 1. The van der Waals surface area contributed by atoms with Crippen LogP contribution in [0.15, 0.2) is 24.3 Å². The number of methoxy groups -OCH3 is 1. The van der Waals surface area contributed by atoms with Gasteiger partial charge in [0, 0.05) is 19.0 Å². The fourth-order valence-electron chi connectivity index (χ4n) is 3.59. The zero-order valence-corrected chi connectivity index (χ0v) is 17.2. The molecule has 1 aliphatic rings. The molecule has 26 heavy (non-hydrogen) atoms. The van der Waals surface area contributed by atoms with Gasteiger partial charge in [0.25, 0.3) is 0 Å². The lowest BCUT2D eigenvalue weighted by Crippen LogP contribution is -2.46. The van der Waals surface area contributed by atoms with Crippen LogP contribution in [0.25, 0.3) is 0 Å². The maximum Gasteiger partial charge on any atom is 0.222 e. The maximum atomic E-state index is 12.6. The minimum Gasteiger partial charge on any atom is -0.497 e. The molecule has 0 unspecified atom stereocenters. The number of rotatable bonds is 10. The molecular weight excluding hydrogens is 348 g/mol. The van der Waals surface area contributed by atoms with Crippen molar-refractivity contribution in [3.05, 3.63) is 29.8 Å². The Kier molecular flexibility index (Phi) is 11.4. The van der Waals surface area contributed by atoms with Crippen molar-refractivity contribution in [2.45, 2.75) is 64.3 Å². The first-order chi connectivity index (χ1) is 12.2. The van der Waals surface area contributed by atoms with Crippen LogP contribution >= 0.6 is 12.4 Å². The smallest absolute Gasteiger partial charge is 0.222 e. The first kappa shape index (κ1) is 22.8. The molecule has 1 heterocycles. The van der Waals surface area contributed by atoms with Crippen LogP contribution in [0, 0.1) is 0 Å². The Morgan fingerprint density at radius 2 is 1.85 bits per heavy atom. The van der Waals surface area contributed by atoms with Gasteiger partial charge in [-0.3, -0.25) is 4.79 Å². The van der Waals surface area contributed by atoms with Crippen molar-refractivity contribution in [1.29, 1.82) is 0 Å².